The molecule has 0 bridgehead atoms. The lowest BCUT2D eigenvalue weighted by Gasteiger charge is -2.19. The Kier molecular flexibility index (Phi) is 7.59. The molecule has 9 nitrogen and oxygen atoms in total. The highest BCUT2D eigenvalue weighted by atomic mass is 32.2. The van der Waals surface area contributed by atoms with Gasteiger partial charge in [0.05, 0.1) is 16.9 Å². The van der Waals surface area contributed by atoms with Gasteiger partial charge >= 0.3 is 0 Å². The summed E-state index contributed by atoms with van der Waals surface area (Å²) >= 11 is 1.27. The minimum absolute atomic E-state index is 0.0383. The Labute approximate surface area is 196 Å². The van der Waals surface area contributed by atoms with E-state index in [1.807, 2.05) is 23.6 Å². The Morgan fingerprint density at radius 3 is 2.58 bits per heavy atom. The van der Waals surface area contributed by atoms with Crippen LogP contribution in [0, 0.1) is 10.1 Å². The molecule has 2 aromatic carbocycles. The molecular weight excluding hydrogens is 440 g/mol. The summed E-state index contributed by atoms with van der Waals surface area (Å²) in [6.45, 7) is 9.18. The number of hydrazone groups is 1. The van der Waals surface area contributed by atoms with Crippen molar-refractivity contribution in [2.75, 3.05) is 5.75 Å². The van der Waals surface area contributed by atoms with Gasteiger partial charge in [0.2, 0.25) is 0 Å². The van der Waals surface area contributed by atoms with Gasteiger partial charge in [-0.1, -0.05) is 68.9 Å². The molecule has 1 N–H and O–H groups in total. The molecule has 172 valence electrons. The molecule has 0 saturated carbocycles. The van der Waals surface area contributed by atoms with Crippen LogP contribution in [-0.2, 0) is 16.8 Å². The van der Waals surface area contributed by atoms with Crippen molar-refractivity contribution in [2.24, 2.45) is 5.10 Å². The van der Waals surface area contributed by atoms with Crippen molar-refractivity contribution >= 4 is 29.6 Å². The summed E-state index contributed by atoms with van der Waals surface area (Å²) in [6.07, 6.45) is 1.36. The van der Waals surface area contributed by atoms with Gasteiger partial charge < -0.3 is 4.57 Å². The molecule has 0 aliphatic heterocycles. The number of nitrogens with zero attached hydrogens (tertiary/aromatic N) is 5. The van der Waals surface area contributed by atoms with Crippen molar-refractivity contribution in [1.29, 1.82) is 0 Å². The zero-order valence-electron chi connectivity index (χ0n) is 19.0. The van der Waals surface area contributed by atoms with Crippen LogP contribution in [0.5, 0.6) is 0 Å². The van der Waals surface area contributed by atoms with Crippen LogP contribution in [0.2, 0.25) is 0 Å². The normalized spacial score (nSPS) is 11.6. The van der Waals surface area contributed by atoms with Crippen LogP contribution < -0.4 is 5.43 Å². The molecular formula is C23H26N6O3S. The number of benzene rings is 2. The Hall–Kier alpha value is -3.53. The first kappa shape index (κ1) is 24.1. The second kappa shape index (κ2) is 10.4. The van der Waals surface area contributed by atoms with Crippen molar-refractivity contribution in [2.45, 2.75) is 44.8 Å². The van der Waals surface area contributed by atoms with Crippen molar-refractivity contribution < 1.29 is 9.72 Å². The van der Waals surface area contributed by atoms with Gasteiger partial charge in [-0.25, -0.2) is 5.43 Å². The number of thioether (sulfide) groups is 1. The van der Waals surface area contributed by atoms with Crippen LogP contribution in [0.15, 0.2) is 58.8 Å². The molecule has 33 heavy (non-hydrogen) atoms. The lowest BCUT2D eigenvalue weighted by Crippen LogP contribution is -2.20. The largest absolute Gasteiger partial charge is 0.302 e. The Balaban J connectivity index is 1.61. The summed E-state index contributed by atoms with van der Waals surface area (Å²) in [6, 6.07) is 14.3. The molecule has 1 heterocycles. The number of nitro benzene ring substituents is 1. The first-order valence-electron chi connectivity index (χ1n) is 10.4. The quantitative estimate of drug-likeness (QED) is 0.227. The maximum Gasteiger partial charge on any atom is 0.270 e. The summed E-state index contributed by atoms with van der Waals surface area (Å²) < 4.78 is 1.97. The second-order valence-electron chi connectivity index (χ2n) is 8.31. The van der Waals surface area contributed by atoms with Gasteiger partial charge in [0, 0.05) is 29.8 Å². The lowest BCUT2D eigenvalue weighted by atomic mass is 9.87. The highest BCUT2D eigenvalue weighted by molar-refractivity contribution is 7.99. The predicted molar refractivity (Wildman–Crippen MR) is 129 cm³/mol. The number of non-ortho nitro benzene ring substituents is 1. The number of carbonyl (C=O) groups is 1. The lowest BCUT2D eigenvalue weighted by molar-refractivity contribution is -0.384. The molecule has 3 aromatic rings. The van der Waals surface area contributed by atoms with Crippen LogP contribution in [0.4, 0.5) is 5.69 Å². The summed E-state index contributed by atoms with van der Waals surface area (Å²) in [5.41, 5.74) is 5.19. The van der Waals surface area contributed by atoms with Gasteiger partial charge in [0.15, 0.2) is 11.0 Å². The summed E-state index contributed by atoms with van der Waals surface area (Å²) in [5.74, 6) is 0.542. The molecule has 0 spiro atoms. The third-order valence-corrected chi connectivity index (χ3v) is 5.83. The smallest absolute Gasteiger partial charge is 0.270 e. The van der Waals surface area contributed by atoms with Gasteiger partial charge in [-0.15, -0.1) is 10.2 Å². The SMILES string of the molecule is CCn1c(SCC(=O)N/N=C\c2cccc([N+](=O)[O-])c2)nnc1-c1ccc(C(C)(C)C)cc1. The molecule has 10 heteroatoms. The Bertz CT molecular complexity index is 1170. The minimum atomic E-state index is -0.483. The first-order chi connectivity index (χ1) is 15.7. The molecule has 1 amide bonds. The summed E-state index contributed by atoms with van der Waals surface area (Å²) in [4.78, 5) is 22.5. The molecule has 0 atom stereocenters. The van der Waals surface area contributed by atoms with E-state index in [0.29, 0.717) is 17.3 Å². The zero-order chi connectivity index (χ0) is 24.0. The third kappa shape index (κ3) is 6.26. The van der Waals surface area contributed by atoms with Crippen molar-refractivity contribution in [3.8, 4) is 11.4 Å². The van der Waals surface area contributed by atoms with Gasteiger partial charge in [-0.3, -0.25) is 14.9 Å². The molecule has 0 aliphatic carbocycles. The van der Waals surface area contributed by atoms with Gasteiger partial charge in [-0.2, -0.15) is 5.10 Å². The number of nitrogens with one attached hydrogen (secondary N) is 1. The number of hydrogen-bond acceptors (Lipinski definition) is 7. The highest BCUT2D eigenvalue weighted by Gasteiger charge is 2.17. The van der Waals surface area contributed by atoms with Gasteiger partial charge in [-0.05, 0) is 17.9 Å². The molecule has 1 aromatic heterocycles. The van der Waals surface area contributed by atoms with E-state index in [1.54, 1.807) is 12.1 Å². The molecule has 0 fully saturated rings. The van der Waals surface area contributed by atoms with Crippen LogP contribution in [0.25, 0.3) is 11.4 Å². The van der Waals surface area contributed by atoms with E-state index in [1.165, 1.54) is 35.7 Å². The number of aromatic nitrogens is 3. The maximum atomic E-state index is 12.2. The monoisotopic (exact) mass is 466 g/mol. The van der Waals surface area contributed by atoms with Crippen LogP contribution in [-0.4, -0.2) is 37.6 Å². The summed E-state index contributed by atoms with van der Waals surface area (Å²) in [5, 5.41) is 23.9. The number of hydrogen-bond donors (Lipinski definition) is 1. The van der Waals surface area contributed by atoms with Crippen LogP contribution in [0.1, 0.15) is 38.8 Å². The molecule has 0 radical (unpaired) electrons. The fourth-order valence-electron chi connectivity index (χ4n) is 3.07. The number of nitro groups is 1. The molecule has 0 saturated heterocycles. The van der Waals surface area contributed by atoms with Crippen molar-refractivity contribution in [3.05, 3.63) is 69.8 Å². The Morgan fingerprint density at radius 1 is 1.21 bits per heavy atom. The van der Waals surface area contributed by atoms with E-state index < -0.39 is 4.92 Å². The zero-order valence-corrected chi connectivity index (χ0v) is 19.8. The van der Waals surface area contributed by atoms with Gasteiger partial charge in [0.1, 0.15) is 0 Å². The van der Waals surface area contributed by atoms with E-state index in [9.17, 15) is 14.9 Å². The molecule has 0 unspecified atom stereocenters. The average Bonchev–Trinajstić information content (AvgIpc) is 3.20. The number of amides is 1. The van der Waals surface area contributed by atoms with Crippen molar-refractivity contribution in [1.82, 2.24) is 20.2 Å². The third-order valence-electron chi connectivity index (χ3n) is 4.86. The topological polar surface area (TPSA) is 115 Å². The Morgan fingerprint density at radius 2 is 1.94 bits per heavy atom. The van der Waals surface area contributed by atoms with E-state index >= 15 is 0 Å². The van der Waals surface area contributed by atoms with Crippen molar-refractivity contribution in [3.63, 3.8) is 0 Å². The second-order valence-corrected chi connectivity index (χ2v) is 9.25. The van der Waals surface area contributed by atoms with Crippen LogP contribution >= 0.6 is 11.8 Å². The summed E-state index contributed by atoms with van der Waals surface area (Å²) in [7, 11) is 0. The van der Waals surface area contributed by atoms with Gasteiger partial charge in [0.25, 0.3) is 11.6 Å². The highest BCUT2D eigenvalue weighted by Crippen LogP contribution is 2.27. The fourth-order valence-corrected chi connectivity index (χ4v) is 3.87. The predicted octanol–water partition coefficient (Wildman–Crippen LogP) is 4.41. The van der Waals surface area contributed by atoms with E-state index in [2.05, 4.69) is 53.6 Å². The average molecular weight is 467 g/mol. The molecule has 0 aliphatic rings. The van der Waals surface area contributed by atoms with E-state index in [4.69, 9.17) is 0 Å². The van der Waals surface area contributed by atoms with E-state index in [-0.39, 0.29) is 22.8 Å². The number of carbonyl (C=O) groups excluding carboxylic acids is 1. The van der Waals surface area contributed by atoms with E-state index in [0.717, 1.165) is 11.4 Å². The van der Waals surface area contributed by atoms with Crippen LogP contribution in [0.3, 0.4) is 0 Å². The number of rotatable bonds is 8. The maximum absolute atomic E-state index is 12.2. The fraction of sp³-hybridized carbons (Fsp3) is 0.304. The molecule has 3 rings (SSSR count). The standard InChI is InChI=1S/C23H26N6O3S/c1-5-28-21(17-9-11-18(12-10-17)23(2,3)4)26-27-22(28)33-15-20(30)25-24-14-16-7-6-8-19(13-16)29(31)32/h6-14H,5,15H2,1-4H3,(H,25,30)/b24-14-. The minimum Gasteiger partial charge on any atom is -0.302 e. The first-order valence-corrected chi connectivity index (χ1v) is 11.4.